The van der Waals surface area contributed by atoms with Gasteiger partial charge in [-0.2, -0.15) is 0 Å². The molecule has 1 aromatic carbocycles. The van der Waals surface area contributed by atoms with Crippen molar-refractivity contribution in [1.82, 2.24) is 0 Å². The summed E-state index contributed by atoms with van der Waals surface area (Å²) in [6.45, 7) is 5.65. The lowest BCUT2D eigenvalue weighted by molar-refractivity contribution is -0.128. The van der Waals surface area contributed by atoms with Gasteiger partial charge in [-0.15, -0.1) is 0 Å². The van der Waals surface area contributed by atoms with E-state index in [0.29, 0.717) is 12.2 Å². The maximum Gasteiger partial charge on any atom is 0.224 e. The van der Waals surface area contributed by atoms with Crippen LogP contribution in [0.3, 0.4) is 0 Å². The van der Waals surface area contributed by atoms with Crippen LogP contribution in [-0.4, -0.2) is 18.3 Å². The molecule has 1 aliphatic rings. The van der Waals surface area contributed by atoms with E-state index < -0.39 is 5.41 Å². The van der Waals surface area contributed by atoms with Crippen LogP contribution in [0.2, 0.25) is 0 Å². The van der Waals surface area contributed by atoms with E-state index in [0.717, 1.165) is 17.7 Å². The number of fused-ring (bicyclic) bond motifs is 1. The Labute approximate surface area is 113 Å². The first-order valence-electron chi connectivity index (χ1n) is 6.45. The van der Waals surface area contributed by atoms with Crippen molar-refractivity contribution in [2.75, 3.05) is 11.9 Å². The lowest BCUT2D eigenvalue weighted by Crippen LogP contribution is -2.26. The number of amides is 1. The fourth-order valence-electron chi connectivity index (χ4n) is 1.81. The highest BCUT2D eigenvalue weighted by Crippen LogP contribution is 2.27. The highest BCUT2D eigenvalue weighted by molar-refractivity contribution is 5.94. The summed E-state index contributed by atoms with van der Waals surface area (Å²) in [6, 6.07) is 5.56. The Kier molecular flexibility index (Phi) is 3.60. The van der Waals surface area contributed by atoms with E-state index in [2.05, 4.69) is 5.32 Å². The summed E-state index contributed by atoms with van der Waals surface area (Å²) in [7, 11) is 0. The molecule has 19 heavy (non-hydrogen) atoms. The molecule has 0 fully saturated rings. The Bertz CT molecular complexity index is 515. The zero-order valence-electron chi connectivity index (χ0n) is 11.6. The highest BCUT2D eigenvalue weighted by atomic mass is 16.5. The van der Waals surface area contributed by atoms with Crippen LogP contribution in [-0.2, 0) is 16.0 Å². The van der Waals surface area contributed by atoms with Crippen molar-refractivity contribution in [2.45, 2.75) is 33.6 Å². The molecule has 1 N–H and O–H groups in total. The molecule has 1 aromatic rings. The number of nitrogens with one attached hydrogen (secondary N) is 1. The van der Waals surface area contributed by atoms with Crippen molar-refractivity contribution < 1.29 is 14.3 Å². The monoisotopic (exact) mass is 261 g/mol. The van der Waals surface area contributed by atoms with Gasteiger partial charge < -0.3 is 10.1 Å². The van der Waals surface area contributed by atoms with Gasteiger partial charge in [0.15, 0.2) is 5.78 Å². The molecule has 1 heterocycles. The van der Waals surface area contributed by atoms with Gasteiger partial charge in [-0.3, -0.25) is 9.59 Å². The van der Waals surface area contributed by atoms with E-state index in [4.69, 9.17) is 4.74 Å². The van der Waals surface area contributed by atoms with E-state index in [1.54, 1.807) is 6.07 Å². The van der Waals surface area contributed by atoms with Crippen molar-refractivity contribution in [3.05, 3.63) is 23.8 Å². The van der Waals surface area contributed by atoms with Gasteiger partial charge in [-0.25, -0.2) is 0 Å². The van der Waals surface area contributed by atoms with Gasteiger partial charge in [0.25, 0.3) is 0 Å². The van der Waals surface area contributed by atoms with Crippen molar-refractivity contribution in [3.63, 3.8) is 0 Å². The molecule has 0 bridgehead atoms. The van der Waals surface area contributed by atoms with Crippen LogP contribution in [0.4, 0.5) is 5.69 Å². The first-order chi connectivity index (χ1) is 8.86. The van der Waals surface area contributed by atoms with Crippen molar-refractivity contribution >= 4 is 17.4 Å². The number of Topliss-reactive ketones (excluding diaryl/α,β-unsaturated/α-hetero) is 1. The first-order valence-corrected chi connectivity index (χ1v) is 6.45. The molecule has 0 spiro atoms. The SMILES string of the molecule is CC(C)(C)C(=O)COc1ccc2c(c1)NC(=O)CC2. The summed E-state index contributed by atoms with van der Waals surface area (Å²) in [6.07, 6.45) is 1.28. The minimum Gasteiger partial charge on any atom is -0.486 e. The number of anilines is 1. The number of ketones is 1. The minimum atomic E-state index is -0.400. The van der Waals surface area contributed by atoms with E-state index in [1.165, 1.54) is 0 Å². The standard InChI is InChI=1S/C15H19NO3/c1-15(2,3)13(17)9-19-11-6-4-10-5-7-14(18)16-12(10)8-11/h4,6,8H,5,7,9H2,1-3H3,(H,16,18). The lowest BCUT2D eigenvalue weighted by Gasteiger charge is -2.19. The molecule has 0 atom stereocenters. The average Bonchev–Trinajstić information content (AvgIpc) is 2.34. The molecule has 0 saturated heterocycles. The lowest BCUT2D eigenvalue weighted by atomic mass is 9.91. The molecule has 0 aromatic heterocycles. The van der Waals surface area contributed by atoms with Crippen LogP contribution in [0.5, 0.6) is 5.75 Å². The molecule has 4 heteroatoms. The summed E-state index contributed by atoms with van der Waals surface area (Å²) in [5.41, 5.74) is 1.49. The largest absolute Gasteiger partial charge is 0.486 e. The van der Waals surface area contributed by atoms with Crippen LogP contribution >= 0.6 is 0 Å². The van der Waals surface area contributed by atoms with Gasteiger partial charge in [0.05, 0.1) is 0 Å². The number of carbonyl (C=O) groups excluding carboxylic acids is 2. The molecular formula is C15H19NO3. The van der Waals surface area contributed by atoms with Crippen LogP contribution in [0.1, 0.15) is 32.8 Å². The fraction of sp³-hybridized carbons (Fsp3) is 0.467. The van der Waals surface area contributed by atoms with Crippen molar-refractivity contribution in [2.24, 2.45) is 5.41 Å². The summed E-state index contributed by atoms with van der Waals surface area (Å²) < 4.78 is 5.49. The Morgan fingerprint density at radius 2 is 2.05 bits per heavy atom. The summed E-state index contributed by atoms with van der Waals surface area (Å²) >= 11 is 0. The van der Waals surface area contributed by atoms with E-state index in [-0.39, 0.29) is 18.3 Å². The predicted octanol–water partition coefficient (Wildman–Crippen LogP) is 2.57. The van der Waals surface area contributed by atoms with Gasteiger partial charge in [0.2, 0.25) is 5.91 Å². The zero-order chi connectivity index (χ0) is 14.0. The fourth-order valence-corrected chi connectivity index (χ4v) is 1.81. The second-order valence-electron chi connectivity index (χ2n) is 5.83. The third-order valence-electron chi connectivity index (χ3n) is 3.18. The summed E-state index contributed by atoms with van der Waals surface area (Å²) in [5.74, 6) is 0.684. The van der Waals surface area contributed by atoms with E-state index in [1.807, 2.05) is 32.9 Å². The topological polar surface area (TPSA) is 55.4 Å². The first kappa shape index (κ1) is 13.6. The van der Waals surface area contributed by atoms with Crippen LogP contribution in [0.25, 0.3) is 0 Å². The van der Waals surface area contributed by atoms with E-state index in [9.17, 15) is 9.59 Å². The second-order valence-corrected chi connectivity index (χ2v) is 5.83. The average molecular weight is 261 g/mol. The number of aryl methyl sites for hydroxylation is 1. The van der Waals surface area contributed by atoms with Gasteiger partial charge in [0.1, 0.15) is 12.4 Å². The van der Waals surface area contributed by atoms with Crippen LogP contribution < -0.4 is 10.1 Å². The van der Waals surface area contributed by atoms with Crippen molar-refractivity contribution in [1.29, 1.82) is 0 Å². The minimum absolute atomic E-state index is 0.0235. The maximum atomic E-state index is 11.8. The van der Waals surface area contributed by atoms with Crippen LogP contribution in [0, 0.1) is 5.41 Å². The second kappa shape index (κ2) is 5.03. The molecule has 1 amide bonds. The Balaban J connectivity index is 2.04. The van der Waals surface area contributed by atoms with Gasteiger partial charge in [-0.1, -0.05) is 26.8 Å². The highest BCUT2D eigenvalue weighted by Gasteiger charge is 2.22. The molecule has 2 rings (SSSR count). The maximum absolute atomic E-state index is 11.8. The molecule has 0 unspecified atom stereocenters. The predicted molar refractivity (Wildman–Crippen MR) is 73.3 cm³/mol. The number of hydrogen-bond acceptors (Lipinski definition) is 3. The number of benzene rings is 1. The smallest absolute Gasteiger partial charge is 0.224 e. The van der Waals surface area contributed by atoms with Gasteiger partial charge >= 0.3 is 0 Å². The molecule has 0 saturated carbocycles. The Morgan fingerprint density at radius 1 is 1.32 bits per heavy atom. The molecule has 1 aliphatic heterocycles. The normalized spacial score (nSPS) is 14.6. The molecule has 0 aliphatic carbocycles. The van der Waals surface area contributed by atoms with Crippen molar-refractivity contribution in [3.8, 4) is 5.75 Å². The summed E-state index contributed by atoms with van der Waals surface area (Å²) in [5, 5.41) is 2.81. The number of rotatable bonds is 3. The van der Waals surface area contributed by atoms with Crippen LogP contribution in [0.15, 0.2) is 18.2 Å². The zero-order valence-corrected chi connectivity index (χ0v) is 11.6. The number of carbonyl (C=O) groups is 2. The van der Waals surface area contributed by atoms with E-state index >= 15 is 0 Å². The molecule has 0 radical (unpaired) electrons. The Hall–Kier alpha value is -1.84. The third kappa shape index (κ3) is 3.34. The molecule has 102 valence electrons. The molecule has 4 nitrogen and oxygen atoms in total. The molecular weight excluding hydrogens is 242 g/mol. The quantitative estimate of drug-likeness (QED) is 0.909. The van der Waals surface area contributed by atoms with Gasteiger partial charge in [0, 0.05) is 23.6 Å². The third-order valence-corrected chi connectivity index (χ3v) is 3.18. The number of hydrogen-bond donors (Lipinski definition) is 1. The number of ether oxygens (including phenoxy) is 1. The summed E-state index contributed by atoms with van der Waals surface area (Å²) in [4.78, 5) is 23.1. The Morgan fingerprint density at radius 3 is 2.74 bits per heavy atom. The van der Waals surface area contributed by atoms with Gasteiger partial charge in [-0.05, 0) is 18.1 Å².